The molecule has 0 spiro atoms. The number of fused-ring (bicyclic) bond motifs is 3. The van der Waals surface area contributed by atoms with Crippen molar-refractivity contribution in [3.05, 3.63) is 87.5 Å². The van der Waals surface area contributed by atoms with Gasteiger partial charge in [-0.25, -0.2) is 4.79 Å². The number of likely N-dealkylation sites (N-methyl/N-ethyl adjacent to an activating group) is 1. The number of carbonyl (C=O) groups is 6. The number of Topliss-reactive ketones (excluding diaryl/α,β-unsaturated/α-hetero) is 1. The van der Waals surface area contributed by atoms with Gasteiger partial charge < -0.3 is 60.0 Å². The van der Waals surface area contributed by atoms with Crippen LogP contribution in [0.1, 0.15) is 74.4 Å². The fraction of sp³-hybridized carbons (Fsp3) is 0.400. The van der Waals surface area contributed by atoms with Gasteiger partial charge in [0.2, 0.25) is 17.6 Å². The molecule has 18 heteroatoms. The molecule has 0 radical (unpaired) electrons. The second-order valence-corrected chi connectivity index (χ2v) is 14.3. The van der Waals surface area contributed by atoms with E-state index in [1.807, 2.05) is 6.07 Å². The van der Waals surface area contributed by atoms with Crippen molar-refractivity contribution < 1.29 is 73.2 Å². The van der Waals surface area contributed by atoms with E-state index in [4.69, 9.17) is 18.9 Å². The minimum Gasteiger partial charge on any atom is -0.507 e. The maximum atomic E-state index is 13.9. The van der Waals surface area contributed by atoms with Crippen molar-refractivity contribution in [1.82, 2.24) is 15.5 Å². The van der Waals surface area contributed by atoms with Crippen LogP contribution in [-0.4, -0.2) is 130 Å². The number of methoxy groups -OCH3 is 1. The predicted octanol–water partition coefficient (Wildman–Crippen LogP) is 0.544. The van der Waals surface area contributed by atoms with Gasteiger partial charge in [0, 0.05) is 43.0 Å². The molecule has 3 aromatic carbocycles. The molecule has 58 heavy (non-hydrogen) atoms. The van der Waals surface area contributed by atoms with E-state index >= 15 is 0 Å². The van der Waals surface area contributed by atoms with Gasteiger partial charge in [-0.3, -0.25) is 24.0 Å². The van der Waals surface area contributed by atoms with Crippen LogP contribution in [-0.2, 0) is 41.6 Å². The molecule has 7 N–H and O–H groups in total. The predicted molar refractivity (Wildman–Crippen MR) is 198 cm³/mol. The monoisotopic (exact) mass is 805 g/mol. The van der Waals surface area contributed by atoms with Gasteiger partial charge in [0.05, 0.1) is 48.6 Å². The summed E-state index contributed by atoms with van der Waals surface area (Å²) in [5.41, 5.74) is -3.53. The number of amides is 3. The third kappa shape index (κ3) is 8.09. The third-order valence-corrected chi connectivity index (χ3v) is 10.5. The highest BCUT2D eigenvalue weighted by Crippen LogP contribution is 2.52. The van der Waals surface area contributed by atoms with Crippen LogP contribution in [0.25, 0.3) is 0 Å². The molecule has 4 unspecified atom stereocenters. The third-order valence-electron chi connectivity index (χ3n) is 10.5. The van der Waals surface area contributed by atoms with E-state index in [2.05, 4.69) is 10.6 Å². The number of ketones is 3. The fourth-order valence-electron chi connectivity index (χ4n) is 7.47. The van der Waals surface area contributed by atoms with Crippen molar-refractivity contribution in [2.24, 2.45) is 0 Å². The smallest absolute Gasteiger partial charge is 0.407 e. The Hall–Kier alpha value is -5.92. The van der Waals surface area contributed by atoms with E-state index in [0.29, 0.717) is 0 Å². The lowest BCUT2D eigenvalue weighted by Crippen LogP contribution is -2.57. The number of ether oxygens (including phenoxy) is 4. The number of aliphatic hydroxyl groups excluding tert-OH is 2. The number of carbonyl (C=O) groups excluding carboxylic acids is 6. The zero-order valence-electron chi connectivity index (χ0n) is 31.7. The summed E-state index contributed by atoms with van der Waals surface area (Å²) in [5, 5.41) is 60.6. The lowest BCUT2D eigenvalue weighted by atomic mass is 9.72. The van der Waals surface area contributed by atoms with E-state index in [9.17, 15) is 54.3 Å². The summed E-state index contributed by atoms with van der Waals surface area (Å²) in [5.74, 6) is -5.57. The van der Waals surface area contributed by atoms with E-state index in [-0.39, 0.29) is 41.0 Å². The molecule has 2 aliphatic carbocycles. The average molecular weight is 806 g/mol. The SMILES string of the molecule is COc1cccc2c1C(=O)c1c(O)c3c(c(O)c1C2=O)C[C@@](O)(C(=O)CO)C[C@@H]3OC1CC(NC(=O)CN(C)C(=O)CNC(=O)OCc2ccccc2)C(O)C(C)O1. The van der Waals surface area contributed by atoms with Crippen molar-refractivity contribution in [3.63, 3.8) is 0 Å². The molecule has 1 aliphatic heterocycles. The maximum absolute atomic E-state index is 13.9. The van der Waals surface area contributed by atoms with Gasteiger partial charge >= 0.3 is 6.09 Å². The molecule has 3 aliphatic rings. The molecule has 1 fully saturated rings. The summed E-state index contributed by atoms with van der Waals surface area (Å²) in [6, 6.07) is 12.1. The Labute approximate surface area is 331 Å². The average Bonchev–Trinajstić information content (AvgIpc) is 3.20. The highest BCUT2D eigenvalue weighted by Gasteiger charge is 2.50. The molecule has 0 aromatic heterocycles. The number of phenols is 2. The number of aliphatic hydroxyl groups is 3. The van der Waals surface area contributed by atoms with Crippen molar-refractivity contribution >= 4 is 35.3 Å². The van der Waals surface area contributed by atoms with Gasteiger partial charge in [-0.2, -0.15) is 0 Å². The summed E-state index contributed by atoms with van der Waals surface area (Å²) in [7, 11) is 2.62. The Bertz CT molecular complexity index is 2140. The number of hydrogen-bond acceptors (Lipinski definition) is 15. The Morgan fingerprint density at radius 1 is 0.983 bits per heavy atom. The summed E-state index contributed by atoms with van der Waals surface area (Å²) < 4.78 is 22.5. The van der Waals surface area contributed by atoms with Crippen LogP contribution in [0.15, 0.2) is 48.5 Å². The van der Waals surface area contributed by atoms with E-state index < -0.39 is 127 Å². The largest absolute Gasteiger partial charge is 0.507 e. The van der Waals surface area contributed by atoms with Crippen molar-refractivity contribution in [2.75, 3.05) is 33.9 Å². The first-order valence-electron chi connectivity index (χ1n) is 18.3. The zero-order chi connectivity index (χ0) is 42.1. The topological polar surface area (TPSA) is 268 Å². The molecule has 0 bridgehead atoms. The number of nitrogens with one attached hydrogen (secondary N) is 2. The van der Waals surface area contributed by atoms with Crippen molar-refractivity contribution in [1.29, 1.82) is 0 Å². The van der Waals surface area contributed by atoms with E-state index in [1.165, 1.54) is 39.3 Å². The van der Waals surface area contributed by atoms with Crippen LogP contribution in [0.2, 0.25) is 0 Å². The van der Waals surface area contributed by atoms with Gasteiger partial charge in [0.1, 0.15) is 48.7 Å². The van der Waals surface area contributed by atoms with Crippen LogP contribution >= 0.6 is 0 Å². The van der Waals surface area contributed by atoms with Crippen LogP contribution in [0.3, 0.4) is 0 Å². The molecule has 18 nitrogen and oxygen atoms in total. The molecule has 1 saturated heterocycles. The lowest BCUT2D eigenvalue weighted by molar-refractivity contribution is -0.249. The van der Waals surface area contributed by atoms with E-state index in [1.54, 1.807) is 24.3 Å². The standard InChI is InChI=1S/C40H43N3O15/c1-19-34(48)23(42-27(46)16-43(2)28(47)15-41-39(53)56-18-20-8-5-4-6-9-20)12-29(57-19)58-25-14-40(54,26(45)17-44)13-22-31(25)38(52)33-32(36(22)50)35(49)21-10-7-11-24(55-3)30(21)37(33)51/h4-11,19,23,25,29,34,44,48,50,52,54H,12-18H2,1-3H3,(H,41,53)(H,42,46)/t19?,23?,25-,29?,34?,40-/m0/s1. The van der Waals surface area contributed by atoms with Crippen LogP contribution in [0, 0.1) is 0 Å². The first-order chi connectivity index (χ1) is 27.6. The van der Waals surface area contributed by atoms with Crippen molar-refractivity contribution in [3.8, 4) is 17.2 Å². The molecule has 3 aromatic rings. The van der Waals surface area contributed by atoms with Crippen LogP contribution < -0.4 is 15.4 Å². The summed E-state index contributed by atoms with van der Waals surface area (Å²) >= 11 is 0. The number of alkyl carbamates (subject to hydrolysis) is 1. The second-order valence-electron chi connectivity index (χ2n) is 14.3. The number of phenolic OH excluding ortho intramolecular Hbond substituents is 2. The van der Waals surface area contributed by atoms with Gasteiger partial charge in [-0.1, -0.05) is 42.5 Å². The fourth-order valence-corrected chi connectivity index (χ4v) is 7.47. The van der Waals surface area contributed by atoms with Crippen LogP contribution in [0.5, 0.6) is 17.2 Å². The molecule has 6 rings (SSSR count). The second kappa shape index (κ2) is 16.9. The normalized spacial score (nSPS) is 23.4. The zero-order valence-corrected chi connectivity index (χ0v) is 31.7. The van der Waals surface area contributed by atoms with Crippen molar-refractivity contribution in [2.45, 2.75) is 69.0 Å². The Morgan fingerprint density at radius 2 is 1.69 bits per heavy atom. The summed E-state index contributed by atoms with van der Waals surface area (Å²) in [4.78, 5) is 79.5. The first kappa shape index (κ1) is 41.7. The summed E-state index contributed by atoms with van der Waals surface area (Å²) in [6.45, 7) is -0.587. The molecule has 1 heterocycles. The van der Waals surface area contributed by atoms with Gasteiger partial charge in [-0.05, 0) is 18.6 Å². The quantitative estimate of drug-likeness (QED) is 0.0964. The number of hydrogen-bond donors (Lipinski definition) is 7. The highest BCUT2D eigenvalue weighted by atomic mass is 16.7. The minimum atomic E-state index is -2.38. The minimum absolute atomic E-state index is 0.0124. The Balaban J connectivity index is 1.18. The highest BCUT2D eigenvalue weighted by molar-refractivity contribution is 6.31. The molecule has 3 amide bonds. The molecular weight excluding hydrogens is 762 g/mol. The van der Waals surface area contributed by atoms with Gasteiger partial charge in [-0.15, -0.1) is 0 Å². The van der Waals surface area contributed by atoms with Crippen LogP contribution in [0.4, 0.5) is 4.79 Å². The van der Waals surface area contributed by atoms with Gasteiger partial charge in [0.15, 0.2) is 17.9 Å². The Kier molecular flexibility index (Phi) is 12.1. The molecule has 0 saturated carbocycles. The van der Waals surface area contributed by atoms with E-state index in [0.717, 1.165) is 10.5 Å². The Morgan fingerprint density at radius 3 is 2.38 bits per heavy atom. The molecular formula is C40H43N3O15. The molecule has 6 atom stereocenters. The van der Waals surface area contributed by atoms with Gasteiger partial charge in [0.25, 0.3) is 0 Å². The number of benzene rings is 3. The summed E-state index contributed by atoms with van der Waals surface area (Å²) in [6.07, 6.45) is -7.50. The molecule has 308 valence electrons. The lowest BCUT2D eigenvalue weighted by Gasteiger charge is -2.43. The number of nitrogens with zero attached hydrogens (tertiary/aromatic N) is 1. The first-order valence-corrected chi connectivity index (χ1v) is 18.3. The maximum Gasteiger partial charge on any atom is 0.407 e. The number of aromatic hydroxyl groups is 2. The number of rotatable bonds is 12.